The smallest absolute Gasteiger partial charge is 0.323 e. The van der Waals surface area contributed by atoms with Gasteiger partial charge < -0.3 is 15.9 Å². The first-order chi connectivity index (χ1) is 6.00. The average Bonchev–Trinajstić information content (AvgIpc) is 2.11. The molecule has 0 aromatic heterocycles. The Hall–Kier alpha value is -0.610. The molecule has 0 saturated heterocycles. The summed E-state index contributed by atoms with van der Waals surface area (Å²) in [5.74, 6) is -1.19. The van der Waals surface area contributed by atoms with Crippen molar-refractivity contribution in [3.8, 4) is 0 Å². The van der Waals surface area contributed by atoms with E-state index in [0.717, 1.165) is 19.3 Å². The minimum Gasteiger partial charge on any atom is -0.480 e. The summed E-state index contributed by atoms with van der Waals surface area (Å²) < 4.78 is 0. The van der Waals surface area contributed by atoms with Crippen LogP contribution in [0.3, 0.4) is 0 Å². The van der Waals surface area contributed by atoms with Crippen LogP contribution >= 0.6 is 0 Å². The average molecular weight is 189 g/mol. The minimum atomic E-state index is -1.16. The molecule has 0 fully saturated rings. The molecule has 4 nitrogen and oxygen atoms in total. The Morgan fingerprint density at radius 2 is 2.08 bits per heavy atom. The van der Waals surface area contributed by atoms with Gasteiger partial charge in [0.25, 0.3) is 0 Å². The topological polar surface area (TPSA) is 83.5 Å². The van der Waals surface area contributed by atoms with E-state index in [1.807, 2.05) is 6.92 Å². The van der Waals surface area contributed by atoms with Gasteiger partial charge in [0.2, 0.25) is 0 Å². The standard InChI is InChI=1S/C9H19NO3/c1-3-4-5-6(2)8(11)7(10)9(12)13/h6-8,11H,3-5,10H2,1-2H3,(H,12,13)/t6-,7+,8-/m1/s1. The number of aliphatic hydroxyl groups excluding tert-OH is 1. The van der Waals surface area contributed by atoms with Crippen LogP contribution < -0.4 is 5.73 Å². The van der Waals surface area contributed by atoms with E-state index in [0.29, 0.717) is 0 Å². The molecule has 0 heterocycles. The molecular weight excluding hydrogens is 170 g/mol. The van der Waals surface area contributed by atoms with E-state index >= 15 is 0 Å². The maximum atomic E-state index is 10.4. The normalized spacial score (nSPS) is 17.8. The summed E-state index contributed by atoms with van der Waals surface area (Å²) in [7, 11) is 0. The van der Waals surface area contributed by atoms with Crippen molar-refractivity contribution in [2.45, 2.75) is 45.3 Å². The van der Waals surface area contributed by atoms with Crippen LogP contribution in [-0.2, 0) is 4.79 Å². The molecule has 0 amide bonds. The Kier molecular flexibility index (Phi) is 5.66. The van der Waals surface area contributed by atoms with Crippen LogP contribution in [0, 0.1) is 5.92 Å². The van der Waals surface area contributed by atoms with Crippen molar-refractivity contribution in [2.75, 3.05) is 0 Å². The van der Waals surface area contributed by atoms with Gasteiger partial charge in [0.15, 0.2) is 0 Å². The predicted molar refractivity (Wildman–Crippen MR) is 50.3 cm³/mol. The summed E-state index contributed by atoms with van der Waals surface area (Å²) in [5, 5.41) is 18.0. The van der Waals surface area contributed by atoms with Crippen LogP contribution in [-0.4, -0.2) is 28.3 Å². The molecule has 4 N–H and O–H groups in total. The number of hydrogen-bond donors (Lipinski definition) is 3. The third-order valence-electron chi connectivity index (χ3n) is 2.25. The quantitative estimate of drug-likeness (QED) is 0.571. The molecule has 78 valence electrons. The van der Waals surface area contributed by atoms with Gasteiger partial charge >= 0.3 is 5.97 Å². The van der Waals surface area contributed by atoms with E-state index in [4.69, 9.17) is 10.8 Å². The van der Waals surface area contributed by atoms with Crippen LogP contribution in [0.5, 0.6) is 0 Å². The summed E-state index contributed by atoms with van der Waals surface area (Å²) in [4.78, 5) is 10.4. The van der Waals surface area contributed by atoms with Crippen LogP contribution in [0.2, 0.25) is 0 Å². The highest BCUT2D eigenvalue weighted by atomic mass is 16.4. The molecule has 0 spiro atoms. The molecule has 0 saturated carbocycles. The molecule has 0 rings (SSSR count). The summed E-state index contributed by atoms with van der Waals surface area (Å²) in [5.41, 5.74) is 5.28. The molecule has 0 unspecified atom stereocenters. The van der Waals surface area contributed by atoms with Gasteiger partial charge in [-0.25, -0.2) is 0 Å². The monoisotopic (exact) mass is 189 g/mol. The maximum Gasteiger partial charge on any atom is 0.323 e. The maximum absolute atomic E-state index is 10.4. The Bertz CT molecular complexity index is 161. The number of carboxylic acid groups (broad SMARTS) is 1. The van der Waals surface area contributed by atoms with E-state index in [-0.39, 0.29) is 5.92 Å². The molecule has 0 bridgehead atoms. The third kappa shape index (κ3) is 4.24. The van der Waals surface area contributed by atoms with Crippen molar-refractivity contribution in [1.82, 2.24) is 0 Å². The van der Waals surface area contributed by atoms with Crippen molar-refractivity contribution >= 4 is 5.97 Å². The Morgan fingerprint density at radius 3 is 2.46 bits per heavy atom. The minimum absolute atomic E-state index is 0.0500. The summed E-state index contributed by atoms with van der Waals surface area (Å²) in [6.07, 6.45) is 1.91. The number of aliphatic hydroxyl groups is 1. The summed E-state index contributed by atoms with van der Waals surface area (Å²) in [6, 6.07) is -1.16. The van der Waals surface area contributed by atoms with E-state index in [9.17, 15) is 9.90 Å². The van der Waals surface area contributed by atoms with Gasteiger partial charge in [0.1, 0.15) is 6.04 Å². The van der Waals surface area contributed by atoms with Gasteiger partial charge in [-0.05, 0) is 12.3 Å². The molecule has 0 aromatic carbocycles. The zero-order valence-electron chi connectivity index (χ0n) is 8.23. The van der Waals surface area contributed by atoms with E-state index in [2.05, 4.69) is 6.92 Å². The molecule has 0 aliphatic rings. The van der Waals surface area contributed by atoms with Gasteiger partial charge in [-0.15, -0.1) is 0 Å². The third-order valence-corrected chi connectivity index (χ3v) is 2.25. The number of aliphatic carboxylic acids is 1. The van der Waals surface area contributed by atoms with Crippen molar-refractivity contribution in [1.29, 1.82) is 0 Å². The molecular formula is C9H19NO3. The molecule has 0 aliphatic carbocycles. The second-order valence-corrected chi connectivity index (χ2v) is 3.47. The first-order valence-electron chi connectivity index (χ1n) is 4.67. The zero-order valence-corrected chi connectivity index (χ0v) is 8.23. The van der Waals surface area contributed by atoms with Gasteiger partial charge in [-0.3, -0.25) is 4.79 Å². The number of hydrogen-bond acceptors (Lipinski definition) is 3. The molecule has 13 heavy (non-hydrogen) atoms. The van der Waals surface area contributed by atoms with E-state index in [1.165, 1.54) is 0 Å². The van der Waals surface area contributed by atoms with Crippen LogP contribution in [0.25, 0.3) is 0 Å². The Morgan fingerprint density at radius 1 is 1.54 bits per heavy atom. The predicted octanol–water partition coefficient (Wildman–Crippen LogP) is 0.586. The highest BCUT2D eigenvalue weighted by Gasteiger charge is 2.26. The number of carbonyl (C=O) groups is 1. The van der Waals surface area contributed by atoms with Gasteiger partial charge in [0, 0.05) is 0 Å². The highest BCUT2D eigenvalue weighted by molar-refractivity contribution is 5.73. The largest absolute Gasteiger partial charge is 0.480 e. The number of carboxylic acids is 1. The van der Waals surface area contributed by atoms with Crippen molar-refractivity contribution in [3.63, 3.8) is 0 Å². The SMILES string of the molecule is CCCC[C@@H](C)[C@@H](O)[C@H](N)C(=O)O. The van der Waals surface area contributed by atoms with Crippen LogP contribution in [0.4, 0.5) is 0 Å². The van der Waals surface area contributed by atoms with Gasteiger partial charge in [-0.2, -0.15) is 0 Å². The fourth-order valence-electron chi connectivity index (χ4n) is 1.20. The zero-order chi connectivity index (χ0) is 10.4. The van der Waals surface area contributed by atoms with Crippen LogP contribution in [0.1, 0.15) is 33.1 Å². The lowest BCUT2D eigenvalue weighted by molar-refractivity contribution is -0.142. The lowest BCUT2D eigenvalue weighted by Gasteiger charge is -2.21. The summed E-state index contributed by atoms with van der Waals surface area (Å²) in [6.45, 7) is 3.87. The van der Waals surface area contributed by atoms with E-state index in [1.54, 1.807) is 0 Å². The highest BCUT2D eigenvalue weighted by Crippen LogP contribution is 2.14. The first-order valence-corrected chi connectivity index (χ1v) is 4.67. The Balaban J connectivity index is 3.93. The lowest BCUT2D eigenvalue weighted by Crippen LogP contribution is -2.45. The van der Waals surface area contributed by atoms with Crippen molar-refractivity contribution in [3.05, 3.63) is 0 Å². The molecule has 0 aliphatic heterocycles. The summed E-state index contributed by atoms with van der Waals surface area (Å²) >= 11 is 0. The Labute approximate surface area is 78.7 Å². The van der Waals surface area contributed by atoms with Crippen molar-refractivity contribution in [2.24, 2.45) is 11.7 Å². The lowest BCUT2D eigenvalue weighted by atomic mass is 9.93. The molecule has 3 atom stereocenters. The molecule has 0 aromatic rings. The second-order valence-electron chi connectivity index (χ2n) is 3.47. The number of nitrogens with two attached hydrogens (primary N) is 1. The fraction of sp³-hybridized carbons (Fsp3) is 0.889. The number of rotatable bonds is 6. The molecule has 0 radical (unpaired) electrons. The van der Waals surface area contributed by atoms with Gasteiger partial charge in [0.05, 0.1) is 6.10 Å². The first kappa shape index (κ1) is 12.4. The number of unbranched alkanes of at least 4 members (excludes halogenated alkanes) is 1. The second kappa shape index (κ2) is 5.94. The van der Waals surface area contributed by atoms with Gasteiger partial charge in [-0.1, -0.05) is 26.7 Å². The fourth-order valence-corrected chi connectivity index (χ4v) is 1.20. The van der Waals surface area contributed by atoms with Crippen molar-refractivity contribution < 1.29 is 15.0 Å². The molecule has 4 heteroatoms. The van der Waals surface area contributed by atoms with Crippen LogP contribution in [0.15, 0.2) is 0 Å². The van der Waals surface area contributed by atoms with E-state index < -0.39 is 18.1 Å².